The van der Waals surface area contributed by atoms with Gasteiger partial charge in [0.15, 0.2) is 0 Å². The van der Waals surface area contributed by atoms with Crippen LogP contribution >= 0.6 is 0 Å². The van der Waals surface area contributed by atoms with Crippen molar-refractivity contribution in [3.05, 3.63) is 74.9 Å². The average molecular weight is 266 g/mol. The van der Waals surface area contributed by atoms with Crippen LogP contribution in [-0.2, 0) is 0 Å². The number of benzene rings is 2. The number of fused-ring (bicyclic) bond motifs is 1. The van der Waals surface area contributed by atoms with Crippen molar-refractivity contribution in [3.8, 4) is 11.3 Å². The minimum absolute atomic E-state index is 0.235. The Hall–Kier alpha value is -2.95. The zero-order chi connectivity index (χ0) is 14.1. The molecule has 3 aromatic rings. The van der Waals surface area contributed by atoms with Crippen LogP contribution in [-0.4, -0.2) is 9.91 Å². The molecule has 0 unspecified atom stereocenters. The summed E-state index contributed by atoms with van der Waals surface area (Å²) in [4.78, 5) is 25.9. The van der Waals surface area contributed by atoms with Crippen molar-refractivity contribution in [1.29, 1.82) is 0 Å². The molecule has 0 aliphatic carbocycles. The number of nitrogens with one attached hydrogen (secondary N) is 1. The fraction of sp³-hybridized carbons (Fsp3) is 0. The summed E-state index contributed by atoms with van der Waals surface area (Å²) in [5.41, 5.74) is 0.446. The van der Waals surface area contributed by atoms with Gasteiger partial charge in [0.1, 0.15) is 5.69 Å². The van der Waals surface area contributed by atoms with E-state index in [1.165, 1.54) is 0 Å². The van der Waals surface area contributed by atoms with Gasteiger partial charge in [0, 0.05) is 5.56 Å². The van der Waals surface area contributed by atoms with Gasteiger partial charge in [0.25, 0.3) is 5.43 Å². The number of hydrogen-bond acceptors (Lipinski definition) is 3. The molecule has 0 amide bonds. The van der Waals surface area contributed by atoms with Crippen LogP contribution in [0.5, 0.6) is 0 Å². The maximum absolute atomic E-state index is 12.3. The molecule has 5 heteroatoms. The quantitative estimate of drug-likeness (QED) is 0.572. The number of aromatic amines is 1. The Balaban J connectivity index is 2.45. The highest BCUT2D eigenvalue weighted by Crippen LogP contribution is 2.26. The standard InChI is InChI=1S/C15H10N2O3/c18-15-11-8-4-5-9-12(11)16-13(14(15)17(19)20)10-6-2-1-3-7-10/h1-9H,(H,16,18). The number of nitrogens with zero attached hydrogens (tertiary/aromatic N) is 1. The summed E-state index contributed by atoms with van der Waals surface area (Å²) in [6.45, 7) is 0. The summed E-state index contributed by atoms with van der Waals surface area (Å²) >= 11 is 0. The van der Waals surface area contributed by atoms with Crippen molar-refractivity contribution in [2.45, 2.75) is 0 Å². The van der Waals surface area contributed by atoms with E-state index in [1.807, 2.05) is 6.07 Å². The van der Waals surface area contributed by atoms with Crippen LogP contribution in [0, 0.1) is 10.1 Å². The van der Waals surface area contributed by atoms with Crippen molar-refractivity contribution in [3.63, 3.8) is 0 Å². The predicted octanol–water partition coefficient (Wildman–Crippen LogP) is 3.10. The second kappa shape index (κ2) is 4.62. The zero-order valence-electron chi connectivity index (χ0n) is 10.4. The first-order valence-electron chi connectivity index (χ1n) is 6.03. The molecule has 20 heavy (non-hydrogen) atoms. The van der Waals surface area contributed by atoms with E-state index < -0.39 is 16.0 Å². The third kappa shape index (κ3) is 1.85. The summed E-state index contributed by atoms with van der Waals surface area (Å²) in [6.07, 6.45) is 0. The van der Waals surface area contributed by atoms with E-state index in [0.29, 0.717) is 16.5 Å². The monoisotopic (exact) mass is 266 g/mol. The summed E-state index contributed by atoms with van der Waals surface area (Å²) in [5, 5.41) is 11.6. The highest BCUT2D eigenvalue weighted by molar-refractivity contribution is 5.86. The Morgan fingerprint density at radius 2 is 1.60 bits per heavy atom. The minimum Gasteiger partial charge on any atom is -0.349 e. The lowest BCUT2D eigenvalue weighted by molar-refractivity contribution is -0.385. The Morgan fingerprint density at radius 1 is 0.950 bits per heavy atom. The Kier molecular flexibility index (Phi) is 2.80. The van der Waals surface area contributed by atoms with E-state index in [0.717, 1.165) is 0 Å². The molecule has 0 fully saturated rings. The molecule has 5 nitrogen and oxygen atoms in total. The minimum atomic E-state index is -0.631. The molecule has 0 saturated heterocycles. The van der Waals surface area contributed by atoms with Gasteiger partial charge >= 0.3 is 5.69 Å². The lowest BCUT2D eigenvalue weighted by Gasteiger charge is -2.05. The van der Waals surface area contributed by atoms with Crippen LogP contribution in [0.15, 0.2) is 59.4 Å². The van der Waals surface area contributed by atoms with Crippen molar-refractivity contribution in [2.75, 3.05) is 0 Å². The Bertz CT molecular complexity index is 854. The summed E-state index contributed by atoms with van der Waals surface area (Å²) in [5.74, 6) is 0. The molecule has 0 atom stereocenters. The van der Waals surface area contributed by atoms with Gasteiger partial charge in [-0.15, -0.1) is 0 Å². The molecule has 1 heterocycles. The van der Waals surface area contributed by atoms with Crippen LogP contribution < -0.4 is 5.43 Å². The average Bonchev–Trinajstić information content (AvgIpc) is 2.47. The largest absolute Gasteiger partial charge is 0.349 e. The maximum Gasteiger partial charge on any atom is 0.340 e. The van der Waals surface area contributed by atoms with Gasteiger partial charge in [-0.1, -0.05) is 42.5 Å². The van der Waals surface area contributed by atoms with Gasteiger partial charge in [0.05, 0.1) is 15.8 Å². The van der Waals surface area contributed by atoms with Crippen molar-refractivity contribution >= 4 is 16.6 Å². The summed E-state index contributed by atoms with van der Waals surface area (Å²) in [7, 11) is 0. The van der Waals surface area contributed by atoms with E-state index in [4.69, 9.17) is 0 Å². The molecule has 98 valence electrons. The number of nitro groups is 1. The number of rotatable bonds is 2. The Labute approximate surface area is 113 Å². The fourth-order valence-corrected chi connectivity index (χ4v) is 2.21. The molecule has 0 spiro atoms. The van der Waals surface area contributed by atoms with Crippen LogP contribution in [0.3, 0.4) is 0 Å². The maximum atomic E-state index is 12.3. The SMILES string of the molecule is O=c1c([N+](=O)[O-])c(-c2ccccc2)[nH]c2ccccc12. The number of pyridine rings is 1. The molecule has 0 aliphatic rings. The predicted molar refractivity (Wildman–Crippen MR) is 76.7 cm³/mol. The van der Waals surface area contributed by atoms with E-state index in [-0.39, 0.29) is 5.69 Å². The van der Waals surface area contributed by atoms with E-state index in [1.54, 1.807) is 48.5 Å². The van der Waals surface area contributed by atoms with E-state index in [9.17, 15) is 14.9 Å². The van der Waals surface area contributed by atoms with Crippen molar-refractivity contribution in [2.24, 2.45) is 0 Å². The van der Waals surface area contributed by atoms with Gasteiger partial charge < -0.3 is 4.98 Å². The van der Waals surface area contributed by atoms with E-state index >= 15 is 0 Å². The van der Waals surface area contributed by atoms with Crippen LogP contribution in [0.25, 0.3) is 22.2 Å². The first-order chi connectivity index (χ1) is 9.68. The van der Waals surface area contributed by atoms with Crippen LogP contribution in [0.2, 0.25) is 0 Å². The third-order valence-corrected chi connectivity index (χ3v) is 3.13. The zero-order valence-corrected chi connectivity index (χ0v) is 10.4. The van der Waals surface area contributed by atoms with Crippen LogP contribution in [0.4, 0.5) is 5.69 Å². The smallest absolute Gasteiger partial charge is 0.340 e. The van der Waals surface area contributed by atoms with E-state index in [2.05, 4.69) is 4.98 Å². The number of hydrogen-bond donors (Lipinski definition) is 1. The van der Waals surface area contributed by atoms with Gasteiger partial charge in [-0.05, 0) is 12.1 Å². The molecule has 0 saturated carbocycles. The second-order valence-corrected chi connectivity index (χ2v) is 4.35. The highest BCUT2D eigenvalue weighted by Gasteiger charge is 2.22. The van der Waals surface area contributed by atoms with Crippen molar-refractivity contribution < 1.29 is 4.92 Å². The van der Waals surface area contributed by atoms with Gasteiger partial charge in [-0.2, -0.15) is 0 Å². The summed E-state index contributed by atoms with van der Waals surface area (Å²) in [6, 6.07) is 15.6. The normalized spacial score (nSPS) is 10.6. The van der Waals surface area contributed by atoms with Gasteiger partial charge in [-0.25, -0.2) is 0 Å². The Morgan fingerprint density at radius 3 is 2.30 bits per heavy atom. The van der Waals surface area contributed by atoms with Gasteiger partial charge in [0.2, 0.25) is 0 Å². The molecular weight excluding hydrogens is 256 g/mol. The molecule has 0 radical (unpaired) electrons. The third-order valence-electron chi connectivity index (χ3n) is 3.13. The number of aromatic nitrogens is 1. The van der Waals surface area contributed by atoms with Gasteiger partial charge in [-0.3, -0.25) is 14.9 Å². The lowest BCUT2D eigenvalue weighted by atomic mass is 10.1. The topological polar surface area (TPSA) is 76.0 Å². The van der Waals surface area contributed by atoms with Crippen molar-refractivity contribution in [1.82, 2.24) is 4.98 Å². The first kappa shape index (κ1) is 12.1. The molecule has 0 bridgehead atoms. The highest BCUT2D eigenvalue weighted by atomic mass is 16.6. The first-order valence-corrected chi connectivity index (χ1v) is 6.03. The van der Waals surface area contributed by atoms with Crippen LogP contribution in [0.1, 0.15) is 0 Å². The number of para-hydroxylation sites is 1. The molecular formula is C15H10N2O3. The molecule has 0 aliphatic heterocycles. The lowest BCUT2D eigenvalue weighted by Crippen LogP contribution is -2.11. The fourth-order valence-electron chi connectivity index (χ4n) is 2.21. The number of H-pyrrole nitrogens is 1. The second-order valence-electron chi connectivity index (χ2n) is 4.35. The molecule has 3 rings (SSSR count). The summed E-state index contributed by atoms with van der Waals surface area (Å²) < 4.78 is 0. The molecule has 1 aromatic heterocycles. The molecule has 2 aromatic carbocycles. The molecule has 1 N–H and O–H groups in total.